The molecule has 0 radical (unpaired) electrons. The molecule has 0 bridgehead atoms. The highest BCUT2D eigenvalue weighted by molar-refractivity contribution is 5.92. The zero-order valence-corrected chi connectivity index (χ0v) is 16.9. The number of likely N-dealkylation sites (tertiary alicyclic amines) is 1. The number of carbonyl (C=O) groups excluding carboxylic acids is 2. The summed E-state index contributed by atoms with van der Waals surface area (Å²) in [5.74, 6) is 0.915. The Bertz CT molecular complexity index is 875. The first-order chi connectivity index (χ1) is 14.0. The van der Waals surface area contributed by atoms with Crippen molar-refractivity contribution < 1.29 is 9.59 Å². The van der Waals surface area contributed by atoms with Crippen molar-refractivity contribution >= 4 is 17.6 Å². The van der Waals surface area contributed by atoms with Gasteiger partial charge in [0, 0.05) is 64.8 Å². The van der Waals surface area contributed by atoms with Crippen LogP contribution in [0, 0.1) is 11.3 Å². The van der Waals surface area contributed by atoms with E-state index < -0.39 is 5.41 Å². The van der Waals surface area contributed by atoms with E-state index in [4.69, 9.17) is 0 Å². The smallest absolute Gasteiger partial charge is 0.274 e. The Morgan fingerprint density at radius 2 is 2.00 bits per heavy atom. The summed E-state index contributed by atoms with van der Waals surface area (Å²) in [6, 6.07) is 5.82. The molecule has 8 heteroatoms. The van der Waals surface area contributed by atoms with E-state index in [9.17, 15) is 9.59 Å². The summed E-state index contributed by atoms with van der Waals surface area (Å²) >= 11 is 0. The number of hydrogen-bond donors (Lipinski definition) is 0. The predicted octanol–water partition coefficient (Wildman–Crippen LogP) is 1.32. The fourth-order valence-electron chi connectivity index (χ4n) is 4.70. The minimum absolute atomic E-state index is 0.0301. The first-order valence-corrected chi connectivity index (χ1v) is 9.94. The van der Waals surface area contributed by atoms with E-state index in [1.807, 2.05) is 37.2 Å². The fraction of sp³-hybridized carbons (Fsp3) is 0.476. The molecule has 8 nitrogen and oxygen atoms in total. The summed E-state index contributed by atoms with van der Waals surface area (Å²) in [4.78, 5) is 44.7. The Kier molecular flexibility index (Phi) is 5.17. The standard InChI is InChI=1S/C21H26N6O2/c1-25(2)20(29)21-7-5-11-26(19(28)17-12-22-9-10-23-17)13-16(21)14-27(15-21)18-6-3-4-8-24-18/h3-4,6,8-10,12,16H,5,7,11,13-15H2,1-2H3/t16-,21-/m0/s1. The Hall–Kier alpha value is -3.03. The van der Waals surface area contributed by atoms with E-state index in [0.29, 0.717) is 31.9 Å². The maximum atomic E-state index is 13.3. The molecule has 4 rings (SSSR count). The Labute approximate surface area is 170 Å². The molecule has 0 saturated carbocycles. The van der Waals surface area contributed by atoms with Crippen LogP contribution in [0.5, 0.6) is 0 Å². The summed E-state index contributed by atoms with van der Waals surface area (Å²) in [5.41, 5.74) is -0.170. The Morgan fingerprint density at radius 3 is 2.69 bits per heavy atom. The van der Waals surface area contributed by atoms with Gasteiger partial charge in [0.1, 0.15) is 11.5 Å². The lowest BCUT2D eigenvalue weighted by molar-refractivity contribution is -0.141. The fourth-order valence-corrected chi connectivity index (χ4v) is 4.70. The third kappa shape index (κ3) is 3.54. The molecule has 0 unspecified atom stereocenters. The number of carbonyl (C=O) groups is 2. The van der Waals surface area contributed by atoms with Gasteiger partial charge in [0.15, 0.2) is 0 Å². The van der Waals surface area contributed by atoms with Gasteiger partial charge < -0.3 is 14.7 Å². The quantitative estimate of drug-likeness (QED) is 0.781. The summed E-state index contributed by atoms with van der Waals surface area (Å²) in [6.07, 6.45) is 7.89. The SMILES string of the molecule is CN(C)C(=O)[C@]12CCCN(C(=O)c3cnccn3)C[C@H]1CN(c1ccccn1)C2. The van der Waals surface area contributed by atoms with E-state index in [-0.39, 0.29) is 17.7 Å². The zero-order chi connectivity index (χ0) is 20.4. The molecule has 152 valence electrons. The number of nitrogens with zero attached hydrogens (tertiary/aromatic N) is 6. The number of aromatic nitrogens is 3. The van der Waals surface area contributed by atoms with E-state index >= 15 is 0 Å². The van der Waals surface area contributed by atoms with Gasteiger partial charge in [0.25, 0.3) is 5.91 Å². The van der Waals surface area contributed by atoms with Crippen molar-refractivity contribution in [3.05, 3.63) is 48.7 Å². The lowest BCUT2D eigenvalue weighted by Gasteiger charge is -2.34. The number of rotatable bonds is 3. The average Bonchev–Trinajstić information content (AvgIpc) is 3.02. The van der Waals surface area contributed by atoms with Crippen molar-refractivity contribution in [2.24, 2.45) is 11.3 Å². The topological polar surface area (TPSA) is 82.5 Å². The van der Waals surface area contributed by atoms with Crippen LogP contribution in [-0.4, -0.2) is 76.8 Å². The third-order valence-electron chi connectivity index (χ3n) is 6.06. The Balaban J connectivity index is 1.64. The molecule has 0 aromatic carbocycles. The van der Waals surface area contributed by atoms with Crippen LogP contribution in [0.25, 0.3) is 0 Å². The van der Waals surface area contributed by atoms with Crippen molar-refractivity contribution in [1.29, 1.82) is 0 Å². The molecule has 4 heterocycles. The van der Waals surface area contributed by atoms with Gasteiger partial charge in [-0.15, -0.1) is 0 Å². The monoisotopic (exact) mass is 394 g/mol. The maximum Gasteiger partial charge on any atom is 0.274 e. The van der Waals surface area contributed by atoms with E-state index in [1.54, 1.807) is 17.3 Å². The van der Waals surface area contributed by atoms with Gasteiger partial charge in [-0.05, 0) is 25.0 Å². The molecule has 2 aliphatic heterocycles. The van der Waals surface area contributed by atoms with Crippen molar-refractivity contribution in [2.75, 3.05) is 45.2 Å². The highest BCUT2D eigenvalue weighted by Gasteiger charge is 2.54. The van der Waals surface area contributed by atoms with Crippen LogP contribution in [0.3, 0.4) is 0 Å². The van der Waals surface area contributed by atoms with Crippen LogP contribution in [0.4, 0.5) is 5.82 Å². The van der Waals surface area contributed by atoms with Crippen LogP contribution in [0.1, 0.15) is 23.3 Å². The van der Waals surface area contributed by atoms with E-state index in [2.05, 4.69) is 19.9 Å². The van der Waals surface area contributed by atoms with Crippen LogP contribution in [-0.2, 0) is 4.79 Å². The van der Waals surface area contributed by atoms with Gasteiger partial charge in [-0.2, -0.15) is 0 Å². The summed E-state index contributed by atoms with van der Waals surface area (Å²) in [5, 5.41) is 0. The minimum atomic E-state index is -0.515. The van der Waals surface area contributed by atoms with Gasteiger partial charge >= 0.3 is 0 Å². The molecule has 2 aromatic heterocycles. The number of pyridine rings is 1. The highest BCUT2D eigenvalue weighted by atomic mass is 16.2. The predicted molar refractivity (Wildman–Crippen MR) is 108 cm³/mol. The molecule has 2 aliphatic rings. The van der Waals surface area contributed by atoms with Crippen LogP contribution in [0.15, 0.2) is 43.0 Å². The van der Waals surface area contributed by atoms with Gasteiger partial charge in [-0.3, -0.25) is 14.6 Å². The summed E-state index contributed by atoms with van der Waals surface area (Å²) in [6.45, 7) is 2.47. The molecule has 0 spiro atoms. The first-order valence-electron chi connectivity index (χ1n) is 9.94. The number of fused-ring (bicyclic) bond motifs is 1. The minimum Gasteiger partial charge on any atom is -0.355 e. The van der Waals surface area contributed by atoms with Crippen molar-refractivity contribution in [3.8, 4) is 0 Å². The molecule has 2 aromatic rings. The van der Waals surface area contributed by atoms with Crippen molar-refractivity contribution in [3.63, 3.8) is 0 Å². The normalized spacial score (nSPS) is 24.0. The molecular formula is C21H26N6O2. The maximum absolute atomic E-state index is 13.3. The lowest BCUT2D eigenvalue weighted by Crippen LogP contribution is -2.47. The molecule has 0 aliphatic carbocycles. The highest BCUT2D eigenvalue weighted by Crippen LogP contribution is 2.45. The van der Waals surface area contributed by atoms with Crippen molar-refractivity contribution in [2.45, 2.75) is 12.8 Å². The average molecular weight is 394 g/mol. The van der Waals surface area contributed by atoms with Gasteiger partial charge in [0.2, 0.25) is 5.91 Å². The molecule has 2 fully saturated rings. The summed E-state index contributed by atoms with van der Waals surface area (Å²) in [7, 11) is 3.62. The second-order valence-corrected chi connectivity index (χ2v) is 8.07. The summed E-state index contributed by atoms with van der Waals surface area (Å²) < 4.78 is 0. The van der Waals surface area contributed by atoms with Gasteiger partial charge in [-0.25, -0.2) is 9.97 Å². The van der Waals surface area contributed by atoms with E-state index in [0.717, 1.165) is 18.7 Å². The number of anilines is 1. The molecular weight excluding hydrogens is 368 g/mol. The second kappa shape index (κ2) is 7.77. The molecule has 2 amide bonds. The van der Waals surface area contributed by atoms with Crippen LogP contribution < -0.4 is 4.90 Å². The Morgan fingerprint density at radius 1 is 1.14 bits per heavy atom. The van der Waals surface area contributed by atoms with E-state index in [1.165, 1.54) is 12.4 Å². The first kappa shape index (κ1) is 19.3. The molecule has 2 atom stereocenters. The largest absolute Gasteiger partial charge is 0.355 e. The lowest BCUT2D eigenvalue weighted by atomic mass is 9.74. The van der Waals surface area contributed by atoms with Gasteiger partial charge in [0.05, 0.1) is 11.6 Å². The number of hydrogen-bond acceptors (Lipinski definition) is 6. The van der Waals surface area contributed by atoms with Crippen molar-refractivity contribution in [1.82, 2.24) is 24.8 Å². The number of amides is 2. The van der Waals surface area contributed by atoms with Crippen LogP contribution >= 0.6 is 0 Å². The molecule has 29 heavy (non-hydrogen) atoms. The second-order valence-electron chi connectivity index (χ2n) is 8.07. The van der Waals surface area contributed by atoms with Crippen LogP contribution in [0.2, 0.25) is 0 Å². The zero-order valence-electron chi connectivity index (χ0n) is 16.9. The molecule has 0 N–H and O–H groups in total. The molecule has 2 saturated heterocycles. The van der Waals surface area contributed by atoms with Gasteiger partial charge in [-0.1, -0.05) is 6.07 Å². The third-order valence-corrected chi connectivity index (χ3v) is 6.06.